The number of benzene rings is 2. The SMILES string of the molecule is CN1CC[C@@]23C=C[C@H](OCc4ccccc4)C[C@@H]2Oc2c(O)ccc(c23)C1. The molecular weight excluding hydrogens is 338 g/mol. The van der Waals surface area contributed by atoms with Crippen molar-refractivity contribution in [3.8, 4) is 11.5 Å². The lowest BCUT2D eigenvalue weighted by Gasteiger charge is -2.37. The molecule has 2 aromatic rings. The Morgan fingerprint density at radius 1 is 1.22 bits per heavy atom. The Hall–Kier alpha value is -2.30. The standard InChI is InChI=1S/C23H25NO3/c1-24-12-11-23-10-9-18(26-15-16-5-3-2-4-6-16)13-20(23)27-22-19(25)8-7-17(14-24)21(22)23/h2-10,18,20,25H,11-15H2,1H3/t18-,20-,23-/m0/s1. The van der Waals surface area contributed by atoms with Crippen molar-refractivity contribution in [3.63, 3.8) is 0 Å². The lowest BCUT2D eigenvalue weighted by atomic mass is 9.69. The fourth-order valence-corrected chi connectivity index (χ4v) is 4.82. The molecule has 2 aromatic carbocycles. The summed E-state index contributed by atoms with van der Waals surface area (Å²) in [6.07, 6.45) is 6.35. The van der Waals surface area contributed by atoms with Crippen LogP contribution in [0.1, 0.15) is 29.5 Å². The van der Waals surface area contributed by atoms with E-state index in [1.54, 1.807) is 6.07 Å². The van der Waals surface area contributed by atoms with E-state index in [-0.39, 0.29) is 23.4 Å². The van der Waals surface area contributed by atoms with Gasteiger partial charge in [-0.3, -0.25) is 0 Å². The van der Waals surface area contributed by atoms with Gasteiger partial charge in [-0.05, 0) is 37.2 Å². The Morgan fingerprint density at radius 2 is 2.07 bits per heavy atom. The van der Waals surface area contributed by atoms with Crippen LogP contribution >= 0.6 is 0 Å². The monoisotopic (exact) mass is 363 g/mol. The Labute approximate surface area is 160 Å². The quantitative estimate of drug-likeness (QED) is 0.843. The minimum Gasteiger partial charge on any atom is -0.504 e. The average Bonchev–Trinajstić information content (AvgIpc) is 2.96. The second-order valence-electron chi connectivity index (χ2n) is 8.01. The van der Waals surface area contributed by atoms with E-state index in [1.807, 2.05) is 18.2 Å². The van der Waals surface area contributed by atoms with Gasteiger partial charge in [0.1, 0.15) is 6.10 Å². The Kier molecular flexibility index (Phi) is 3.99. The van der Waals surface area contributed by atoms with Gasteiger partial charge >= 0.3 is 0 Å². The largest absolute Gasteiger partial charge is 0.504 e. The normalized spacial score (nSPS) is 28.9. The Morgan fingerprint density at radius 3 is 2.93 bits per heavy atom. The molecule has 2 aliphatic heterocycles. The average molecular weight is 363 g/mol. The van der Waals surface area contributed by atoms with Crippen LogP contribution in [0.4, 0.5) is 0 Å². The minimum absolute atomic E-state index is 0.0109. The molecule has 0 radical (unpaired) electrons. The van der Waals surface area contributed by atoms with E-state index < -0.39 is 0 Å². The summed E-state index contributed by atoms with van der Waals surface area (Å²) in [4.78, 5) is 2.35. The van der Waals surface area contributed by atoms with E-state index in [4.69, 9.17) is 9.47 Å². The zero-order chi connectivity index (χ0) is 18.4. The second kappa shape index (κ2) is 6.39. The number of nitrogens with zero attached hydrogens (tertiary/aromatic N) is 1. The summed E-state index contributed by atoms with van der Waals surface area (Å²) in [5, 5.41) is 10.4. The van der Waals surface area contributed by atoms with Crippen molar-refractivity contribution in [1.82, 2.24) is 4.90 Å². The molecule has 0 fully saturated rings. The summed E-state index contributed by atoms with van der Waals surface area (Å²) in [6, 6.07) is 14.1. The first kappa shape index (κ1) is 16.8. The molecule has 0 saturated heterocycles. The molecule has 3 aliphatic rings. The highest BCUT2D eigenvalue weighted by Gasteiger charge is 2.52. The fraction of sp³-hybridized carbons (Fsp3) is 0.391. The zero-order valence-corrected chi connectivity index (χ0v) is 15.6. The van der Waals surface area contributed by atoms with E-state index in [9.17, 15) is 5.11 Å². The third-order valence-corrected chi connectivity index (χ3v) is 6.23. The van der Waals surface area contributed by atoms with Crippen molar-refractivity contribution < 1.29 is 14.6 Å². The van der Waals surface area contributed by atoms with Gasteiger partial charge in [0, 0.05) is 18.5 Å². The van der Waals surface area contributed by atoms with Gasteiger partial charge in [0.2, 0.25) is 0 Å². The molecule has 3 atom stereocenters. The van der Waals surface area contributed by atoms with Crippen molar-refractivity contribution >= 4 is 0 Å². The molecule has 140 valence electrons. The van der Waals surface area contributed by atoms with Gasteiger partial charge in [-0.2, -0.15) is 0 Å². The molecule has 1 N–H and O–H groups in total. The summed E-state index contributed by atoms with van der Waals surface area (Å²) in [5.74, 6) is 0.934. The predicted octanol–water partition coefficient (Wildman–Crippen LogP) is 3.77. The fourth-order valence-electron chi connectivity index (χ4n) is 4.82. The summed E-state index contributed by atoms with van der Waals surface area (Å²) < 4.78 is 12.5. The number of ether oxygens (including phenoxy) is 2. The van der Waals surface area contributed by atoms with E-state index in [2.05, 4.69) is 42.3 Å². The van der Waals surface area contributed by atoms with Crippen molar-refractivity contribution in [2.75, 3.05) is 13.6 Å². The molecule has 27 heavy (non-hydrogen) atoms. The van der Waals surface area contributed by atoms with Crippen molar-refractivity contribution in [2.24, 2.45) is 0 Å². The van der Waals surface area contributed by atoms with Crippen LogP contribution in [0.5, 0.6) is 11.5 Å². The van der Waals surface area contributed by atoms with Crippen molar-refractivity contribution in [1.29, 1.82) is 0 Å². The van der Waals surface area contributed by atoms with E-state index >= 15 is 0 Å². The third-order valence-electron chi connectivity index (χ3n) is 6.23. The molecule has 0 bridgehead atoms. The van der Waals surface area contributed by atoms with Gasteiger partial charge in [0.15, 0.2) is 11.5 Å². The van der Waals surface area contributed by atoms with Crippen molar-refractivity contribution in [2.45, 2.75) is 43.6 Å². The van der Waals surface area contributed by atoms with Gasteiger partial charge in [0.05, 0.1) is 18.1 Å². The van der Waals surface area contributed by atoms with E-state index in [0.29, 0.717) is 12.4 Å². The number of aromatic hydroxyl groups is 1. The molecule has 0 aromatic heterocycles. The van der Waals surface area contributed by atoms with Gasteiger partial charge in [-0.1, -0.05) is 48.6 Å². The molecule has 0 unspecified atom stereocenters. The third kappa shape index (κ3) is 2.75. The maximum Gasteiger partial charge on any atom is 0.165 e. The molecule has 1 spiro atoms. The van der Waals surface area contributed by atoms with Gasteiger partial charge in [-0.15, -0.1) is 0 Å². The van der Waals surface area contributed by atoms with Crippen LogP contribution in [-0.2, 0) is 23.3 Å². The Bertz CT molecular complexity index is 879. The number of phenolic OH excluding ortho intramolecular Hbond substituents is 1. The summed E-state index contributed by atoms with van der Waals surface area (Å²) in [7, 11) is 2.16. The molecule has 0 saturated carbocycles. The van der Waals surface area contributed by atoms with Crippen LogP contribution in [0.3, 0.4) is 0 Å². The van der Waals surface area contributed by atoms with Crippen LogP contribution < -0.4 is 4.74 Å². The first-order valence-electron chi connectivity index (χ1n) is 9.71. The lowest BCUT2D eigenvalue weighted by Crippen LogP contribution is -2.43. The number of phenols is 1. The molecular formula is C23H25NO3. The molecule has 4 nitrogen and oxygen atoms in total. The zero-order valence-electron chi connectivity index (χ0n) is 15.6. The second-order valence-corrected chi connectivity index (χ2v) is 8.01. The molecule has 0 amide bonds. The van der Waals surface area contributed by atoms with Crippen LogP contribution in [-0.4, -0.2) is 35.8 Å². The highest BCUT2D eigenvalue weighted by molar-refractivity contribution is 5.60. The number of hydrogen-bond acceptors (Lipinski definition) is 4. The van der Waals surface area contributed by atoms with Gasteiger partial charge in [0.25, 0.3) is 0 Å². The minimum atomic E-state index is -0.152. The summed E-state index contributed by atoms with van der Waals surface area (Å²) >= 11 is 0. The van der Waals surface area contributed by atoms with Crippen LogP contribution in [0.15, 0.2) is 54.6 Å². The topological polar surface area (TPSA) is 41.9 Å². The maximum atomic E-state index is 10.4. The van der Waals surface area contributed by atoms with E-state index in [1.165, 1.54) is 16.7 Å². The maximum absolute atomic E-state index is 10.4. The number of hydrogen-bond donors (Lipinski definition) is 1. The summed E-state index contributed by atoms with van der Waals surface area (Å²) in [6.45, 7) is 2.50. The summed E-state index contributed by atoms with van der Waals surface area (Å²) in [5.41, 5.74) is 3.48. The number of rotatable bonds is 3. The van der Waals surface area contributed by atoms with Crippen LogP contribution in [0.2, 0.25) is 0 Å². The molecule has 2 heterocycles. The first-order valence-corrected chi connectivity index (χ1v) is 9.71. The van der Waals surface area contributed by atoms with Gasteiger partial charge in [-0.25, -0.2) is 0 Å². The highest BCUT2D eigenvalue weighted by atomic mass is 16.5. The predicted molar refractivity (Wildman–Crippen MR) is 104 cm³/mol. The Balaban J connectivity index is 1.44. The van der Waals surface area contributed by atoms with E-state index in [0.717, 1.165) is 25.9 Å². The lowest BCUT2D eigenvalue weighted by molar-refractivity contribution is 0.0190. The molecule has 1 aliphatic carbocycles. The highest BCUT2D eigenvalue weighted by Crippen LogP contribution is 2.55. The van der Waals surface area contributed by atoms with Crippen molar-refractivity contribution in [3.05, 3.63) is 71.3 Å². The van der Waals surface area contributed by atoms with Crippen LogP contribution in [0.25, 0.3) is 0 Å². The van der Waals surface area contributed by atoms with Crippen LogP contribution in [0, 0.1) is 0 Å². The molecule has 5 rings (SSSR count). The smallest absolute Gasteiger partial charge is 0.165 e. The molecule has 4 heteroatoms. The van der Waals surface area contributed by atoms with Gasteiger partial charge < -0.3 is 19.5 Å². The first-order chi connectivity index (χ1) is 13.2.